The quantitative estimate of drug-likeness (QED) is 0.459. The first-order chi connectivity index (χ1) is 11.7. The van der Waals surface area contributed by atoms with Gasteiger partial charge in [0, 0.05) is 22.3 Å². The predicted molar refractivity (Wildman–Crippen MR) is 104 cm³/mol. The zero-order valence-corrected chi connectivity index (χ0v) is 15.7. The standard InChI is InChI=1S/C20H25Cl2NO/c1-2-3-4-5-6-11-24-20-9-7-19(8-10-20)23-15-16-12-17(21)14-18(22)13-16/h7-10,12-14,23H,2-6,11,15H2,1H3. The van der Waals surface area contributed by atoms with Crippen LogP contribution in [0.15, 0.2) is 42.5 Å². The molecule has 0 aliphatic rings. The van der Waals surface area contributed by atoms with E-state index >= 15 is 0 Å². The molecule has 0 amide bonds. The normalized spacial score (nSPS) is 10.6. The van der Waals surface area contributed by atoms with Crippen LogP contribution in [-0.4, -0.2) is 6.61 Å². The van der Waals surface area contributed by atoms with Gasteiger partial charge in [-0.05, 0) is 54.4 Å². The van der Waals surface area contributed by atoms with Crippen LogP contribution in [0.2, 0.25) is 10.0 Å². The summed E-state index contributed by atoms with van der Waals surface area (Å²) in [5.74, 6) is 0.918. The molecule has 0 atom stereocenters. The molecule has 0 fully saturated rings. The number of hydrogen-bond donors (Lipinski definition) is 1. The average molecular weight is 366 g/mol. The molecular formula is C20H25Cl2NO. The lowest BCUT2D eigenvalue weighted by Crippen LogP contribution is -2.00. The minimum atomic E-state index is 0.655. The van der Waals surface area contributed by atoms with Crippen molar-refractivity contribution in [2.75, 3.05) is 11.9 Å². The van der Waals surface area contributed by atoms with Gasteiger partial charge in [-0.1, -0.05) is 55.8 Å². The van der Waals surface area contributed by atoms with Crippen LogP contribution in [0.4, 0.5) is 5.69 Å². The summed E-state index contributed by atoms with van der Waals surface area (Å²) in [6.45, 7) is 3.70. The smallest absolute Gasteiger partial charge is 0.119 e. The van der Waals surface area contributed by atoms with Crippen molar-refractivity contribution >= 4 is 28.9 Å². The lowest BCUT2D eigenvalue weighted by Gasteiger charge is -2.10. The fraction of sp³-hybridized carbons (Fsp3) is 0.400. The largest absolute Gasteiger partial charge is 0.494 e. The number of ether oxygens (including phenoxy) is 1. The maximum Gasteiger partial charge on any atom is 0.119 e. The van der Waals surface area contributed by atoms with Crippen molar-refractivity contribution in [3.63, 3.8) is 0 Å². The van der Waals surface area contributed by atoms with Gasteiger partial charge >= 0.3 is 0 Å². The van der Waals surface area contributed by atoms with E-state index in [0.29, 0.717) is 16.6 Å². The highest BCUT2D eigenvalue weighted by atomic mass is 35.5. The Morgan fingerprint density at radius 3 is 2.21 bits per heavy atom. The number of hydrogen-bond acceptors (Lipinski definition) is 2. The van der Waals surface area contributed by atoms with E-state index in [1.165, 1.54) is 25.7 Å². The van der Waals surface area contributed by atoms with Gasteiger partial charge in [0.25, 0.3) is 0 Å². The van der Waals surface area contributed by atoms with Crippen molar-refractivity contribution in [1.82, 2.24) is 0 Å². The van der Waals surface area contributed by atoms with Crippen LogP contribution in [-0.2, 0) is 6.54 Å². The Morgan fingerprint density at radius 1 is 0.875 bits per heavy atom. The van der Waals surface area contributed by atoms with Gasteiger partial charge in [0.2, 0.25) is 0 Å². The molecule has 24 heavy (non-hydrogen) atoms. The van der Waals surface area contributed by atoms with Crippen LogP contribution in [0.1, 0.15) is 44.6 Å². The lowest BCUT2D eigenvalue weighted by molar-refractivity contribution is 0.304. The number of unbranched alkanes of at least 4 members (excludes halogenated alkanes) is 4. The van der Waals surface area contributed by atoms with Crippen molar-refractivity contribution in [2.24, 2.45) is 0 Å². The number of benzene rings is 2. The summed E-state index contributed by atoms with van der Waals surface area (Å²) in [6, 6.07) is 13.6. The third kappa shape index (κ3) is 7.02. The summed E-state index contributed by atoms with van der Waals surface area (Å²) in [6.07, 6.45) is 6.26. The second kappa shape index (κ2) is 10.5. The SMILES string of the molecule is CCCCCCCOc1ccc(NCc2cc(Cl)cc(Cl)c2)cc1. The highest BCUT2D eigenvalue weighted by Gasteiger charge is 2.00. The number of rotatable bonds is 10. The summed E-state index contributed by atoms with van der Waals surface area (Å²) < 4.78 is 5.77. The van der Waals surface area contributed by atoms with E-state index in [9.17, 15) is 0 Å². The van der Waals surface area contributed by atoms with Gasteiger partial charge in [-0.25, -0.2) is 0 Å². The van der Waals surface area contributed by atoms with Crippen LogP contribution in [0, 0.1) is 0 Å². The second-order valence-corrected chi connectivity index (χ2v) is 6.79. The van der Waals surface area contributed by atoms with Gasteiger partial charge in [0.1, 0.15) is 5.75 Å². The van der Waals surface area contributed by atoms with E-state index < -0.39 is 0 Å². The van der Waals surface area contributed by atoms with Gasteiger partial charge in [-0.3, -0.25) is 0 Å². The minimum absolute atomic E-state index is 0.655. The molecule has 0 saturated heterocycles. The lowest BCUT2D eigenvalue weighted by atomic mass is 10.2. The Morgan fingerprint density at radius 2 is 1.54 bits per heavy atom. The maximum atomic E-state index is 6.01. The van der Waals surface area contributed by atoms with Gasteiger partial charge in [0.15, 0.2) is 0 Å². The van der Waals surface area contributed by atoms with Crippen molar-refractivity contribution in [2.45, 2.75) is 45.6 Å². The van der Waals surface area contributed by atoms with E-state index in [4.69, 9.17) is 27.9 Å². The third-order valence-corrected chi connectivity index (χ3v) is 4.23. The van der Waals surface area contributed by atoms with E-state index in [0.717, 1.165) is 30.0 Å². The zero-order chi connectivity index (χ0) is 17.2. The molecule has 0 aliphatic heterocycles. The molecule has 0 aliphatic carbocycles. The predicted octanol–water partition coefficient (Wildman–Crippen LogP) is 6.95. The van der Waals surface area contributed by atoms with E-state index in [1.807, 2.05) is 36.4 Å². The van der Waals surface area contributed by atoms with Crippen LogP contribution in [0.3, 0.4) is 0 Å². The summed E-state index contributed by atoms with van der Waals surface area (Å²) in [5, 5.41) is 4.67. The van der Waals surface area contributed by atoms with Crippen LogP contribution in [0.5, 0.6) is 5.75 Å². The molecule has 0 saturated carbocycles. The molecule has 0 spiro atoms. The molecule has 0 heterocycles. The number of anilines is 1. The van der Waals surface area contributed by atoms with Crippen LogP contribution < -0.4 is 10.1 Å². The minimum Gasteiger partial charge on any atom is -0.494 e. The Hall–Kier alpha value is -1.38. The van der Waals surface area contributed by atoms with E-state index in [2.05, 4.69) is 12.2 Å². The fourth-order valence-electron chi connectivity index (χ4n) is 2.48. The molecule has 0 unspecified atom stereocenters. The molecule has 2 nitrogen and oxygen atoms in total. The summed E-state index contributed by atoms with van der Waals surface area (Å²) in [7, 11) is 0. The summed E-state index contributed by atoms with van der Waals surface area (Å²) in [5.41, 5.74) is 2.10. The van der Waals surface area contributed by atoms with Crippen LogP contribution in [0.25, 0.3) is 0 Å². The maximum absolute atomic E-state index is 6.01. The first kappa shape index (κ1) is 19.0. The van der Waals surface area contributed by atoms with Gasteiger partial charge in [-0.2, -0.15) is 0 Å². The topological polar surface area (TPSA) is 21.3 Å². The zero-order valence-electron chi connectivity index (χ0n) is 14.2. The number of nitrogens with one attached hydrogen (secondary N) is 1. The van der Waals surface area contributed by atoms with Gasteiger partial charge in [0.05, 0.1) is 6.61 Å². The fourth-order valence-corrected chi connectivity index (χ4v) is 3.05. The third-order valence-electron chi connectivity index (χ3n) is 3.79. The average Bonchev–Trinajstić information content (AvgIpc) is 2.56. The molecule has 130 valence electrons. The second-order valence-electron chi connectivity index (χ2n) is 5.92. The number of halogens is 2. The van der Waals surface area contributed by atoms with Gasteiger partial charge in [-0.15, -0.1) is 0 Å². The molecule has 0 radical (unpaired) electrons. The first-order valence-corrected chi connectivity index (χ1v) is 9.34. The summed E-state index contributed by atoms with van der Waals surface area (Å²) in [4.78, 5) is 0. The van der Waals surface area contributed by atoms with Crippen molar-refractivity contribution in [3.8, 4) is 5.75 Å². The molecule has 4 heteroatoms. The first-order valence-electron chi connectivity index (χ1n) is 8.59. The Labute approximate surface area is 155 Å². The highest BCUT2D eigenvalue weighted by Crippen LogP contribution is 2.21. The van der Waals surface area contributed by atoms with Crippen molar-refractivity contribution < 1.29 is 4.74 Å². The van der Waals surface area contributed by atoms with E-state index in [-0.39, 0.29) is 0 Å². The Kier molecular flexibility index (Phi) is 8.27. The molecule has 2 rings (SSSR count). The van der Waals surface area contributed by atoms with Crippen LogP contribution >= 0.6 is 23.2 Å². The molecule has 2 aromatic rings. The highest BCUT2D eigenvalue weighted by molar-refractivity contribution is 6.34. The molecule has 2 aromatic carbocycles. The van der Waals surface area contributed by atoms with Gasteiger partial charge < -0.3 is 10.1 Å². The monoisotopic (exact) mass is 365 g/mol. The van der Waals surface area contributed by atoms with E-state index in [1.54, 1.807) is 6.07 Å². The Balaban J connectivity index is 1.73. The Bertz CT molecular complexity index is 593. The van der Waals surface area contributed by atoms with Crippen molar-refractivity contribution in [3.05, 3.63) is 58.1 Å². The molecule has 0 bridgehead atoms. The molecule has 1 N–H and O–H groups in total. The molecular weight excluding hydrogens is 341 g/mol. The summed E-state index contributed by atoms with van der Waals surface area (Å²) >= 11 is 12.0. The van der Waals surface area contributed by atoms with Crippen molar-refractivity contribution in [1.29, 1.82) is 0 Å². The molecule has 0 aromatic heterocycles.